The van der Waals surface area contributed by atoms with Gasteiger partial charge >= 0.3 is 0 Å². The van der Waals surface area contributed by atoms with Crippen molar-refractivity contribution in [1.82, 2.24) is 5.32 Å². The molecule has 2 aliphatic carbocycles. The van der Waals surface area contributed by atoms with E-state index >= 15 is 0 Å². The Bertz CT molecular complexity index is 338. The Hall–Kier alpha value is -0.120. The molecular weight excluding hydrogens is 250 g/mol. The monoisotopic (exact) mass is 281 g/mol. The maximum Gasteiger partial charge on any atom is 0.0637 e. The van der Waals surface area contributed by atoms with Crippen molar-refractivity contribution >= 4 is 0 Å². The summed E-state index contributed by atoms with van der Waals surface area (Å²) in [5, 5.41) is 3.62. The van der Waals surface area contributed by atoms with Crippen LogP contribution in [0.3, 0.4) is 0 Å². The highest BCUT2D eigenvalue weighted by Crippen LogP contribution is 2.66. The lowest BCUT2D eigenvalue weighted by atomic mass is 9.70. The molecule has 3 fully saturated rings. The van der Waals surface area contributed by atoms with E-state index in [-0.39, 0.29) is 0 Å². The van der Waals surface area contributed by atoms with Crippen LogP contribution in [0.25, 0.3) is 0 Å². The van der Waals surface area contributed by atoms with Gasteiger partial charge in [-0.3, -0.25) is 0 Å². The van der Waals surface area contributed by atoms with Crippen molar-refractivity contribution < 1.29 is 9.47 Å². The molecule has 3 atom stereocenters. The lowest BCUT2D eigenvalue weighted by molar-refractivity contribution is -0.0461. The standard InChI is InChI=1S/C17H31NO2/c1-16(2)13-4-7-17(16,3)15(12-13)20-11-8-18-14-5-9-19-10-6-14/h13-15,18H,4-12H2,1-3H3. The van der Waals surface area contributed by atoms with Crippen LogP contribution in [-0.4, -0.2) is 38.5 Å². The number of rotatable bonds is 5. The third-order valence-corrected chi connectivity index (χ3v) is 6.79. The van der Waals surface area contributed by atoms with Crippen molar-refractivity contribution in [2.24, 2.45) is 16.7 Å². The van der Waals surface area contributed by atoms with Gasteiger partial charge < -0.3 is 14.8 Å². The summed E-state index contributed by atoms with van der Waals surface area (Å²) in [4.78, 5) is 0. The van der Waals surface area contributed by atoms with Crippen LogP contribution in [0, 0.1) is 16.7 Å². The Morgan fingerprint density at radius 3 is 2.50 bits per heavy atom. The maximum absolute atomic E-state index is 6.27. The first-order valence-electron chi connectivity index (χ1n) is 8.47. The van der Waals surface area contributed by atoms with Crippen LogP contribution in [0.15, 0.2) is 0 Å². The first kappa shape index (κ1) is 14.8. The minimum Gasteiger partial charge on any atom is -0.381 e. The van der Waals surface area contributed by atoms with Gasteiger partial charge in [0.1, 0.15) is 0 Å². The highest BCUT2D eigenvalue weighted by molar-refractivity contribution is 5.11. The fourth-order valence-electron chi connectivity index (χ4n) is 4.75. The minimum absolute atomic E-state index is 0.399. The molecule has 20 heavy (non-hydrogen) atoms. The summed E-state index contributed by atoms with van der Waals surface area (Å²) in [6.07, 6.45) is 6.81. The molecule has 3 heteroatoms. The molecule has 1 aliphatic heterocycles. The van der Waals surface area contributed by atoms with Gasteiger partial charge in [0.15, 0.2) is 0 Å². The second kappa shape index (κ2) is 5.58. The zero-order valence-electron chi connectivity index (χ0n) is 13.4. The molecule has 116 valence electrons. The molecule has 3 aliphatic rings. The van der Waals surface area contributed by atoms with Crippen molar-refractivity contribution in [3.63, 3.8) is 0 Å². The van der Waals surface area contributed by atoms with Crippen LogP contribution >= 0.6 is 0 Å². The number of hydrogen-bond donors (Lipinski definition) is 1. The number of hydrogen-bond acceptors (Lipinski definition) is 3. The summed E-state index contributed by atoms with van der Waals surface area (Å²) in [7, 11) is 0. The molecule has 3 nitrogen and oxygen atoms in total. The van der Waals surface area contributed by atoms with Gasteiger partial charge in [-0.2, -0.15) is 0 Å². The first-order chi connectivity index (χ1) is 9.54. The summed E-state index contributed by atoms with van der Waals surface area (Å²) in [5.74, 6) is 0.876. The quantitative estimate of drug-likeness (QED) is 0.786. The van der Waals surface area contributed by atoms with E-state index in [0.29, 0.717) is 23.0 Å². The Balaban J connectivity index is 1.41. The first-order valence-corrected chi connectivity index (χ1v) is 8.47. The average molecular weight is 281 g/mol. The topological polar surface area (TPSA) is 30.5 Å². The third kappa shape index (κ3) is 2.42. The van der Waals surface area contributed by atoms with Gasteiger partial charge in [0.05, 0.1) is 12.7 Å². The van der Waals surface area contributed by atoms with E-state index in [1.54, 1.807) is 0 Å². The predicted octanol–water partition coefficient (Wildman–Crippen LogP) is 2.99. The van der Waals surface area contributed by atoms with Gasteiger partial charge in [-0.05, 0) is 48.9 Å². The van der Waals surface area contributed by atoms with Crippen molar-refractivity contribution in [2.45, 2.75) is 65.0 Å². The Kier molecular flexibility index (Phi) is 4.13. The summed E-state index contributed by atoms with van der Waals surface area (Å²) < 4.78 is 11.7. The SMILES string of the molecule is CC1(C)C2CCC1(C)C(OCCNC1CCOCC1)C2. The van der Waals surface area contributed by atoms with Crippen LogP contribution in [0.2, 0.25) is 0 Å². The van der Waals surface area contributed by atoms with Crippen molar-refractivity contribution in [3.05, 3.63) is 0 Å². The summed E-state index contributed by atoms with van der Waals surface area (Å²) in [6, 6.07) is 0.638. The van der Waals surface area contributed by atoms with E-state index < -0.39 is 0 Å². The highest BCUT2D eigenvalue weighted by Gasteiger charge is 2.61. The minimum atomic E-state index is 0.399. The van der Waals surface area contributed by atoms with Gasteiger partial charge in [0, 0.05) is 25.8 Å². The van der Waals surface area contributed by atoms with Crippen LogP contribution in [0.1, 0.15) is 52.9 Å². The Labute approximate surface area is 123 Å². The van der Waals surface area contributed by atoms with E-state index in [0.717, 1.165) is 45.1 Å². The highest BCUT2D eigenvalue weighted by atomic mass is 16.5. The fourth-order valence-corrected chi connectivity index (χ4v) is 4.75. The lowest BCUT2D eigenvalue weighted by Crippen LogP contribution is -2.40. The Morgan fingerprint density at radius 2 is 1.90 bits per heavy atom. The molecule has 2 saturated carbocycles. The van der Waals surface area contributed by atoms with E-state index in [2.05, 4.69) is 26.1 Å². The second-order valence-corrected chi connectivity index (χ2v) is 7.81. The van der Waals surface area contributed by atoms with E-state index in [1.807, 2.05) is 0 Å². The van der Waals surface area contributed by atoms with Crippen molar-refractivity contribution in [1.29, 1.82) is 0 Å². The van der Waals surface area contributed by atoms with Crippen LogP contribution < -0.4 is 5.32 Å². The van der Waals surface area contributed by atoms with Gasteiger partial charge in [-0.15, -0.1) is 0 Å². The van der Waals surface area contributed by atoms with Crippen molar-refractivity contribution in [3.8, 4) is 0 Å². The third-order valence-electron chi connectivity index (χ3n) is 6.79. The van der Waals surface area contributed by atoms with Crippen molar-refractivity contribution in [2.75, 3.05) is 26.4 Å². The van der Waals surface area contributed by atoms with Crippen LogP contribution in [0.5, 0.6) is 0 Å². The summed E-state index contributed by atoms with van der Waals surface area (Å²) in [6.45, 7) is 11.0. The molecule has 1 heterocycles. The summed E-state index contributed by atoms with van der Waals surface area (Å²) >= 11 is 0. The van der Waals surface area contributed by atoms with E-state index in [4.69, 9.17) is 9.47 Å². The molecule has 0 amide bonds. The zero-order chi connectivity index (χ0) is 14.2. The maximum atomic E-state index is 6.27. The second-order valence-electron chi connectivity index (χ2n) is 7.81. The number of ether oxygens (including phenoxy) is 2. The molecule has 0 aromatic carbocycles. The number of nitrogens with one attached hydrogen (secondary N) is 1. The largest absolute Gasteiger partial charge is 0.381 e. The molecule has 0 spiro atoms. The average Bonchev–Trinajstić information content (AvgIpc) is 2.78. The molecule has 3 rings (SSSR count). The van der Waals surface area contributed by atoms with E-state index in [1.165, 1.54) is 19.3 Å². The fraction of sp³-hybridized carbons (Fsp3) is 1.00. The number of fused-ring (bicyclic) bond motifs is 2. The molecule has 2 bridgehead atoms. The van der Waals surface area contributed by atoms with Gasteiger partial charge in [0.2, 0.25) is 0 Å². The molecule has 1 N–H and O–H groups in total. The van der Waals surface area contributed by atoms with Gasteiger partial charge in [-0.1, -0.05) is 20.8 Å². The van der Waals surface area contributed by atoms with Crippen LogP contribution in [-0.2, 0) is 9.47 Å². The van der Waals surface area contributed by atoms with E-state index in [9.17, 15) is 0 Å². The van der Waals surface area contributed by atoms with Crippen LogP contribution in [0.4, 0.5) is 0 Å². The van der Waals surface area contributed by atoms with Gasteiger partial charge in [0.25, 0.3) is 0 Å². The zero-order valence-corrected chi connectivity index (χ0v) is 13.4. The normalized spacial score (nSPS) is 40.4. The van der Waals surface area contributed by atoms with Gasteiger partial charge in [-0.25, -0.2) is 0 Å². The Morgan fingerprint density at radius 1 is 1.15 bits per heavy atom. The molecule has 0 aromatic heterocycles. The predicted molar refractivity (Wildman–Crippen MR) is 80.8 cm³/mol. The smallest absolute Gasteiger partial charge is 0.0637 e. The summed E-state index contributed by atoms with van der Waals surface area (Å²) in [5.41, 5.74) is 0.863. The molecule has 0 aromatic rings. The molecule has 3 unspecified atom stereocenters. The molecule has 0 radical (unpaired) electrons. The molecular formula is C17H31NO2. The molecule has 1 saturated heterocycles. The lowest BCUT2D eigenvalue weighted by Gasteiger charge is -2.39.